The van der Waals surface area contributed by atoms with Crippen LogP contribution in [0.1, 0.15) is 59.6 Å². The van der Waals surface area contributed by atoms with Crippen molar-refractivity contribution in [3.63, 3.8) is 0 Å². The number of fused-ring (bicyclic) bond motifs is 5. The molecule has 4 aliphatic rings. The van der Waals surface area contributed by atoms with Gasteiger partial charge in [-0.15, -0.1) is 0 Å². The summed E-state index contributed by atoms with van der Waals surface area (Å²) in [5.74, 6) is 2.15. The van der Waals surface area contributed by atoms with Crippen molar-refractivity contribution in [1.29, 1.82) is 0 Å². The SMILES string of the molecule is CN1C(=O)c2c(nn(Cc3ccc(C4CCCN4C)cc3)c2Nc2ccccc2)N2C1=N[C@@H]1CCC[C@@H]12. The Morgan fingerprint density at radius 1 is 0.973 bits per heavy atom. The predicted octanol–water partition coefficient (Wildman–Crippen LogP) is 4.62. The van der Waals surface area contributed by atoms with Gasteiger partial charge in [-0.1, -0.05) is 42.5 Å². The van der Waals surface area contributed by atoms with Gasteiger partial charge in [0.05, 0.1) is 18.6 Å². The van der Waals surface area contributed by atoms with Gasteiger partial charge in [0.2, 0.25) is 5.96 Å². The van der Waals surface area contributed by atoms with Crippen LogP contribution in [0.3, 0.4) is 0 Å². The van der Waals surface area contributed by atoms with E-state index in [9.17, 15) is 4.79 Å². The number of carbonyl (C=O) groups is 1. The number of nitrogens with one attached hydrogen (secondary N) is 1. The number of aliphatic imine (C=N–C) groups is 1. The summed E-state index contributed by atoms with van der Waals surface area (Å²) in [7, 11) is 4.04. The van der Waals surface area contributed by atoms with Gasteiger partial charge in [0.1, 0.15) is 11.4 Å². The summed E-state index contributed by atoms with van der Waals surface area (Å²) >= 11 is 0. The Bertz CT molecular complexity index is 1360. The number of carbonyl (C=O) groups excluding carboxylic acids is 1. The van der Waals surface area contributed by atoms with Crippen LogP contribution in [-0.4, -0.2) is 64.2 Å². The molecule has 4 heterocycles. The van der Waals surface area contributed by atoms with E-state index in [0.717, 1.165) is 54.7 Å². The molecule has 8 heteroatoms. The van der Waals surface area contributed by atoms with Crippen LogP contribution in [0.4, 0.5) is 17.3 Å². The zero-order chi connectivity index (χ0) is 25.1. The number of para-hydroxylation sites is 1. The lowest BCUT2D eigenvalue weighted by Gasteiger charge is -2.34. The van der Waals surface area contributed by atoms with Crippen molar-refractivity contribution in [2.45, 2.75) is 56.8 Å². The lowest BCUT2D eigenvalue weighted by Crippen LogP contribution is -2.51. The van der Waals surface area contributed by atoms with Crippen LogP contribution in [0.5, 0.6) is 0 Å². The van der Waals surface area contributed by atoms with Crippen LogP contribution in [0, 0.1) is 0 Å². The van der Waals surface area contributed by atoms with Crippen LogP contribution in [0.2, 0.25) is 0 Å². The van der Waals surface area contributed by atoms with Crippen LogP contribution in [0.15, 0.2) is 59.6 Å². The first kappa shape index (κ1) is 22.5. The van der Waals surface area contributed by atoms with E-state index >= 15 is 0 Å². The number of benzene rings is 2. The molecule has 3 atom stereocenters. The van der Waals surface area contributed by atoms with Crippen molar-refractivity contribution >= 4 is 29.2 Å². The van der Waals surface area contributed by atoms with Gasteiger partial charge in [-0.3, -0.25) is 19.5 Å². The number of nitrogens with zero attached hydrogens (tertiary/aromatic N) is 6. The summed E-state index contributed by atoms with van der Waals surface area (Å²) in [6.45, 7) is 1.74. The molecule has 190 valence electrons. The Balaban J connectivity index is 1.28. The van der Waals surface area contributed by atoms with E-state index < -0.39 is 0 Å². The third-order valence-corrected chi connectivity index (χ3v) is 8.51. The normalized spacial score (nSPS) is 24.8. The topological polar surface area (TPSA) is 69.0 Å². The first-order chi connectivity index (χ1) is 18.1. The molecule has 2 fully saturated rings. The number of amides is 1. The second-order valence-electron chi connectivity index (χ2n) is 10.8. The third-order valence-electron chi connectivity index (χ3n) is 8.51. The zero-order valence-corrected chi connectivity index (χ0v) is 21.5. The maximum absolute atomic E-state index is 13.7. The molecule has 0 spiro atoms. The number of hydrogen-bond donors (Lipinski definition) is 1. The molecule has 37 heavy (non-hydrogen) atoms. The average Bonchev–Trinajstić information content (AvgIpc) is 3.68. The van der Waals surface area contributed by atoms with Crippen LogP contribution < -0.4 is 10.2 Å². The van der Waals surface area contributed by atoms with Crippen molar-refractivity contribution in [2.24, 2.45) is 4.99 Å². The van der Waals surface area contributed by atoms with E-state index in [4.69, 9.17) is 10.1 Å². The Hall–Kier alpha value is -3.65. The molecule has 2 aromatic carbocycles. The summed E-state index contributed by atoms with van der Waals surface area (Å²) < 4.78 is 1.96. The van der Waals surface area contributed by atoms with Gasteiger partial charge >= 0.3 is 0 Å². The minimum Gasteiger partial charge on any atom is -0.340 e. The highest BCUT2D eigenvalue weighted by Gasteiger charge is 2.49. The molecule has 1 saturated carbocycles. The zero-order valence-electron chi connectivity index (χ0n) is 21.5. The maximum Gasteiger partial charge on any atom is 0.267 e. The quantitative estimate of drug-likeness (QED) is 0.559. The van der Waals surface area contributed by atoms with Crippen LogP contribution in [-0.2, 0) is 6.54 Å². The Labute approximate surface area is 217 Å². The van der Waals surface area contributed by atoms with Crippen LogP contribution >= 0.6 is 0 Å². The molecule has 1 amide bonds. The molecule has 0 bridgehead atoms. The fraction of sp³-hybridized carbons (Fsp3) is 0.414. The van der Waals surface area contributed by atoms with E-state index in [1.54, 1.807) is 4.90 Å². The Morgan fingerprint density at radius 3 is 2.54 bits per heavy atom. The van der Waals surface area contributed by atoms with Gasteiger partial charge < -0.3 is 5.32 Å². The van der Waals surface area contributed by atoms with Gasteiger partial charge in [0, 0.05) is 18.8 Å². The molecule has 1 unspecified atom stereocenters. The number of anilines is 3. The fourth-order valence-corrected chi connectivity index (χ4v) is 6.55. The van der Waals surface area contributed by atoms with Crippen molar-refractivity contribution in [3.05, 3.63) is 71.3 Å². The van der Waals surface area contributed by atoms with Crippen molar-refractivity contribution in [3.8, 4) is 0 Å². The van der Waals surface area contributed by atoms with Crippen molar-refractivity contribution in [2.75, 3.05) is 30.9 Å². The highest BCUT2D eigenvalue weighted by atomic mass is 16.2. The summed E-state index contributed by atoms with van der Waals surface area (Å²) in [6.07, 6.45) is 5.77. The van der Waals surface area contributed by atoms with Crippen LogP contribution in [0.25, 0.3) is 0 Å². The van der Waals surface area contributed by atoms with E-state index in [1.807, 2.05) is 42.1 Å². The smallest absolute Gasteiger partial charge is 0.267 e. The number of hydrogen-bond acceptors (Lipinski definition) is 6. The number of aromatic nitrogens is 2. The van der Waals surface area contributed by atoms with E-state index in [-0.39, 0.29) is 18.0 Å². The van der Waals surface area contributed by atoms with Gasteiger partial charge in [0.25, 0.3) is 5.91 Å². The molecule has 3 aromatic rings. The fourth-order valence-electron chi connectivity index (χ4n) is 6.55. The van der Waals surface area contributed by atoms with E-state index in [1.165, 1.54) is 18.4 Å². The average molecular weight is 496 g/mol. The first-order valence-corrected chi connectivity index (χ1v) is 13.5. The predicted molar refractivity (Wildman–Crippen MR) is 146 cm³/mol. The van der Waals surface area contributed by atoms with Gasteiger partial charge in [0.15, 0.2) is 5.82 Å². The lowest BCUT2D eigenvalue weighted by atomic mass is 10.0. The summed E-state index contributed by atoms with van der Waals surface area (Å²) in [5.41, 5.74) is 4.09. The molecule has 7 rings (SSSR count). The summed E-state index contributed by atoms with van der Waals surface area (Å²) in [4.78, 5) is 25.0. The van der Waals surface area contributed by atoms with Gasteiger partial charge in [-0.05, 0) is 69.0 Å². The molecular weight excluding hydrogens is 462 g/mol. The number of likely N-dealkylation sites (tertiary alicyclic amines) is 1. The number of guanidine groups is 1. The minimum absolute atomic E-state index is 0.0609. The van der Waals surface area contributed by atoms with Gasteiger partial charge in [-0.2, -0.15) is 5.10 Å². The molecule has 3 aliphatic heterocycles. The number of rotatable bonds is 5. The maximum atomic E-state index is 13.7. The van der Waals surface area contributed by atoms with Gasteiger partial charge in [-0.25, -0.2) is 9.67 Å². The molecule has 1 aromatic heterocycles. The second-order valence-corrected chi connectivity index (χ2v) is 10.8. The Kier molecular flexibility index (Phi) is 5.32. The first-order valence-electron chi connectivity index (χ1n) is 13.5. The van der Waals surface area contributed by atoms with Crippen molar-refractivity contribution in [1.82, 2.24) is 19.6 Å². The summed E-state index contributed by atoms with van der Waals surface area (Å²) in [5, 5.41) is 8.62. The Morgan fingerprint density at radius 2 is 1.78 bits per heavy atom. The third kappa shape index (κ3) is 3.65. The molecule has 8 nitrogen and oxygen atoms in total. The second kappa shape index (κ2) is 8.73. The molecule has 0 radical (unpaired) electrons. The highest BCUT2D eigenvalue weighted by molar-refractivity contribution is 6.21. The van der Waals surface area contributed by atoms with Crippen molar-refractivity contribution < 1.29 is 4.79 Å². The lowest BCUT2D eigenvalue weighted by molar-refractivity contribution is 0.0866. The standard InChI is InChI=1S/C29H33N7O/c1-33-17-7-12-23(33)20-15-13-19(14-16-20)18-35-26(30-21-8-4-3-5-9-21)25-27(32-35)36-24-11-6-10-22(24)31-29(36)34(2)28(25)37/h3-5,8-9,13-16,22-24,30H,6-7,10-12,17-18H2,1-2H3/t22-,23?,24+/m1/s1. The van der Waals surface area contributed by atoms with E-state index in [0.29, 0.717) is 18.2 Å². The largest absolute Gasteiger partial charge is 0.340 e. The summed E-state index contributed by atoms with van der Waals surface area (Å²) in [6, 6.07) is 20.0. The molecule has 1 N–H and O–H groups in total. The minimum atomic E-state index is -0.0609. The molecule has 1 saturated heterocycles. The van der Waals surface area contributed by atoms with E-state index in [2.05, 4.69) is 46.4 Å². The molecule has 1 aliphatic carbocycles. The molecular formula is C29H33N7O. The highest BCUT2D eigenvalue weighted by Crippen LogP contribution is 2.43. The monoisotopic (exact) mass is 495 g/mol.